The first-order valence-electron chi connectivity index (χ1n) is 5.97. The van der Waals surface area contributed by atoms with Crippen LogP contribution in [-0.4, -0.2) is 43.3 Å². The number of hydrogen-bond donors (Lipinski definition) is 2. The first-order valence-corrected chi connectivity index (χ1v) is 9.15. The number of amides is 1. The van der Waals surface area contributed by atoms with Crippen molar-refractivity contribution in [3.8, 4) is 11.5 Å². The van der Waals surface area contributed by atoms with Crippen molar-refractivity contribution in [3.63, 3.8) is 0 Å². The number of thioether (sulfide) groups is 1. The Morgan fingerprint density at radius 2 is 2.27 bits per heavy atom. The first kappa shape index (κ1) is 16.8. The lowest BCUT2D eigenvalue weighted by Crippen LogP contribution is -2.36. The summed E-state index contributed by atoms with van der Waals surface area (Å²) < 4.78 is 16.8. The summed E-state index contributed by atoms with van der Waals surface area (Å²) in [5.41, 5.74) is 0.419. The number of phenols is 1. The number of ether oxygens (including phenoxy) is 1. The summed E-state index contributed by atoms with van der Waals surface area (Å²) in [6.07, 6.45) is 1.50. The Kier molecular flexibility index (Phi) is 4.81. The van der Waals surface area contributed by atoms with Crippen LogP contribution in [0.15, 0.2) is 23.1 Å². The van der Waals surface area contributed by atoms with Gasteiger partial charge in [0.05, 0.1) is 12.0 Å². The minimum absolute atomic E-state index is 0.0740. The molecule has 1 aliphatic rings. The Balaban J connectivity index is 2.35. The number of nitrogens with zero attached hydrogens (tertiary/aromatic N) is 1. The molecule has 0 aromatic heterocycles. The monoisotopic (exact) mass is 358 g/mol. The number of phenolic OH excluding ortho intramolecular Hbond substituents is 1. The number of methoxy groups -OCH3 is 1. The highest BCUT2D eigenvalue weighted by Crippen LogP contribution is 2.36. The standard InChI is InChI=1S/C13H14N2O4S3/c1-19-9-5-3-4-8(11(9)16)6-10-12(17)15(13(20)21-10)7-22(2,14)18/h3-6,16H,2,7H2,1H3,(H2,14,18)/b10-6-. The molecule has 0 aliphatic carbocycles. The van der Waals surface area contributed by atoms with Gasteiger partial charge in [0.15, 0.2) is 11.5 Å². The number of thiocarbonyl (C=S) groups is 1. The molecule has 1 unspecified atom stereocenters. The number of para-hydroxylation sites is 1. The number of aromatic hydroxyl groups is 1. The number of benzene rings is 1. The van der Waals surface area contributed by atoms with Gasteiger partial charge in [-0.25, -0.2) is 0 Å². The summed E-state index contributed by atoms with van der Waals surface area (Å²) >= 11 is 6.14. The molecular weight excluding hydrogens is 344 g/mol. The lowest BCUT2D eigenvalue weighted by Gasteiger charge is -2.14. The predicted octanol–water partition coefficient (Wildman–Crippen LogP) is 1.15. The quantitative estimate of drug-likeness (QED) is 0.620. The zero-order valence-electron chi connectivity index (χ0n) is 11.6. The minimum atomic E-state index is -2.88. The molecule has 0 spiro atoms. The molecule has 1 aromatic rings. The zero-order chi connectivity index (χ0) is 16.5. The fourth-order valence-corrected chi connectivity index (χ4v) is 3.88. The van der Waals surface area contributed by atoms with Crippen LogP contribution in [0.2, 0.25) is 0 Å². The van der Waals surface area contributed by atoms with Crippen molar-refractivity contribution >= 4 is 55.9 Å². The van der Waals surface area contributed by atoms with Crippen LogP contribution in [0.5, 0.6) is 11.5 Å². The largest absolute Gasteiger partial charge is 0.504 e. The Labute approximate surface area is 138 Å². The second kappa shape index (κ2) is 6.29. The van der Waals surface area contributed by atoms with Gasteiger partial charge < -0.3 is 9.84 Å². The summed E-state index contributed by atoms with van der Waals surface area (Å²) in [6, 6.07) is 4.93. The molecular formula is C13H14N2O4S3. The van der Waals surface area contributed by atoms with Crippen molar-refractivity contribution in [2.45, 2.75) is 0 Å². The number of carbonyl (C=O) groups excluding carboxylic acids is 1. The SMILES string of the molecule is C=S(N)(=O)CN1C(=O)/C(=C/c2cccc(OC)c2O)SC1=S. The third kappa shape index (κ3) is 3.61. The smallest absolute Gasteiger partial charge is 0.267 e. The van der Waals surface area contributed by atoms with E-state index in [2.05, 4.69) is 5.87 Å². The van der Waals surface area contributed by atoms with Crippen LogP contribution in [0.4, 0.5) is 0 Å². The molecule has 1 aliphatic heterocycles. The number of carbonyl (C=O) groups is 1. The van der Waals surface area contributed by atoms with Crippen molar-refractivity contribution in [2.75, 3.05) is 13.0 Å². The van der Waals surface area contributed by atoms with E-state index < -0.39 is 15.6 Å². The van der Waals surface area contributed by atoms with Crippen molar-refractivity contribution in [3.05, 3.63) is 28.7 Å². The molecule has 2 rings (SSSR count). The van der Waals surface area contributed by atoms with Gasteiger partial charge in [0, 0.05) is 15.3 Å². The second-order valence-electron chi connectivity index (χ2n) is 4.51. The van der Waals surface area contributed by atoms with Gasteiger partial charge in [0.25, 0.3) is 5.91 Å². The van der Waals surface area contributed by atoms with E-state index in [1.54, 1.807) is 18.2 Å². The Bertz CT molecular complexity index is 771. The van der Waals surface area contributed by atoms with Gasteiger partial charge in [-0.1, -0.05) is 36.1 Å². The van der Waals surface area contributed by atoms with E-state index in [-0.39, 0.29) is 15.9 Å². The van der Waals surface area contributed by atoms with Crippen LogP contribution >= 0.6 is 24.0 Å². The fourth-order valence-electron chi connectivity index (χ4n) is 1.79. The molecule has 0 radical (unpaired) electrons. The molecule has 1 saturated heterocycles. The average molecular weight is 358 g/mol. The van der Waals surface area contributed by atoms with Crippen LogP contribution in [0.25, 0.3) is 6.08 Å². The van der Waals surface area contributed by atoms with E-state index in [0.29, 0.717) is 16.2 Å². The topological polar surface area (TPSA) is 92.9 Å². The number of hydrogen-bond acceptors (Lipinski definition) is 6. The van der Waals surface area contributed by atoms with E-state index in [4.69, 9.17) is 22.1 Å². The van der Waals surface area contributed by atoms with Crippen molar-refractivity contribution in [2.24, 2.45) is 5.14 Å². The highest BCUT2D eigenvalue weighted by Gasteiger charge is 2.33. The molecule has 9 heteroatoms. The van der Waals surface area contributed by atoms with Gasteiger partial charge in [-0.2, -0.15) is 0 Å². The summed E-state index contributed by atoms with van der Waals surface area (Å²) in [6.45, 7) is 0. The van der Waals surface area contributed by atoms with Crippen molar-refractivity contribution in [1.29, 1.82) is 0 Å². The first-order chi connectivity index (χ1) is 10.2. The molecule has 1 fully saturated rings. The molecule has 3 N–H and O–H groups in total. The molecule has 1 aromatic carbocycles. The van der Waals surface area contributed by atoms with Gasteiger partial charge >= 0.3 is 0 Å². The minimum Gasteiger partial charge on any atom is -0.504 e. The second-order valence-corrected chi connectivity index (χ2v) is 8.18. The van der Waals surface area contributed by atoms with Crippen LogP contribution in [0.1, 0.15) is 5.56 Å². The van der Waals surface area contributed by atoms with E-state index in [1.165, 1.54) is 13.2 Å². The van der Waals surface area contributed by atoms with Gasteiger partial charge in [-0.3, -0.25) is 19.0 Å². The average Bonchev–Trinajstić information content (AvgIpc) is 2.67. The van der Waals surface area contributed by atoms with Crippen LogP contribution in [-0.2, 0) is 14.5 Å². The van der Waals surface area contributed by atoms with Crippen LogP contribution < -0.4 is 9.88 Å². The van der Waals surface area contributed by atoms with Crippen LogP contribution in [0.3, 0.4) is 0 Å². The van der Waals surface area contributed by atoms with Crippen LogP contribution in [0, 0.1) is 0 Å². The summed E-state index contributed by atoms with van der Waals surface area (Å²) in [5.74, 6) is 2.88. The molecule has 1 atom stereocenters. The van der Waals surface area contributed by atoms with E-state index in [9.17, 15) is 14.1 Å². The third-order valence-electron chi connectivity index (χ3n) is 2.76. The van der Waals surface area contributed by atoms with Gasteiger partial charge in [-0.15, -0.1) is 0 Å². The number of rotatable bonds is 4. The molecule has 6 nitrogen and oxygen atoms in total. The van der Waals surface area contributed by atoms with Gasteiger partial charge in [0.2, 0.25) is 0 Å². The Morgan fingerprint density at radius 1 is 1.59 bits per heavy atom. The summed E-state index contributed by atoms with van der Waals surface area (Å²) in [7, 11) is -1.45. The van der Waals surface area contributed by atoms with Crippen molar-refractivity contribution in [1.82, 2.24) is 4.90 Å². The molecule has 0 saturated carbocycles. The third-order valence-corrected chi connectivity index (χ3v) is 4.83. The summed E-state index contributed by atoms with van der Waals surface area (Å²) in [5, 5.41) is 15.4. The Morgan fingerprint density at radius 3 is 2.86 bits per heavy atom. The maximum Gasteiger partial charge on any atom is 0.267 e. The van der Waals surface area contributed by atoms with Crippen molar-refractivity contribution < 1.29 is 18.8 Å². The molecule has 22 heavy (non-hydrogen) atoms. The maximum absolute atomic E-state index is 12.3. The van der Waals surface area contributed by atoms with E-state index in [0.717, 1.165) is 16.7 Å². The summed E-state index contributed by atoms with van der Waals surface area (Å²) in [4.78, 5) is 13.7. The maximum atomic E-state index is 12.3. The predicted molar refractivity (Wildman–Crippen MR) is 94.0 cm³/mol. The molecule has 1 amide bonds. The van der Waals surface area contributed by atoms with Gasteiger partial charge in [-0.05, 0) is 18.0 Å². The lowest BCUT2D eigenvalue weighted by molar-refractivity contribution is -0.121. The molecule has 0 bridgehead atoms. The molecule has 118 valence electrons. The highest BCUT2D eigenvalue weighted by molar-refractivity contribution is 8.26. The lowest BCUT2D eigenvalue weighted by atomic mass is 10.1. The zero-order valence-corrected chi connectivity index (χ0v) is 14.1. The number of nitrogens with two attached hydrogens (primary N) is 1. The van der Waals surface area contributed by atoms with E-state index in [1.807, 2.05) is 0 Å². The highest BCUT2D eigenvalue weighted by atomic mass is 32.2. The fraction of sp³-hybridized carbons (Fsp3) is 0.154. The molecule has 1 heterocycles. The Hall–Kier alpha value is -1.55. The van der Waals surface area contributed by atoms with E-state index >= 15 is 0 Å². The van der Waals surface area contributed by atoms with Gasteiger partial charge in [0.1, 0.15) is 10.2 Å². The normalized spacial score (nSPS) is 19.5.